The molecular formula is C15H14BrClN2O2. The van der Waals surface area contributed by atoms with Crippen molar-refractivity contribution in [3.8, 4) is 0 Å². The van der Waals surface area contributed by atoms with Gasteiger partial charge in [0, 0.05) is 29.2 Å². The number of non-ortho nitro benzene ring substituents is 1. The molecular weight excluding hydrogens is 356 g/mol. The van der Waals surface area contributed by atoms with Crippen LogP contribution in [0.15, 0.2) is 46.9 Å². The molecule has 6 heteroatoms. The number of nitro groups is 1. The van der Waals surface area contributed by atoms with Crippen molar-refractivity contribution in [2.24, 2.45) is 0 Å². The molecule has 0 aliphatic carbocycles. The maximum absolute atomic E-state index is 10.8. The second-order valence-electron chi connectivity index (χ2n) is 4.70. The van der Waals surface area contributed by atoms with Crippen LogP contribution in [0.2, 0.25) is 5.02 Å². The van der Waals surface area contributed by atoms with Crippen LogP contribution in [0, 0.1) is 10.1 Å². The van der Waals surface area contributed by atoms with Crippen LogP contribution in [0.4, 0.5) is 5.69 Å². The van der Waals surface area contributed by atoms with Gasteiger partial charge < -0.3 is 5.32 Å². The van der Waals surface area contributed by atoms with Crippen LogP contribution in [0.1, 0.15) is 24.1 Å². The largest absolute Gasteiger partial charge is 0.306 e. The first-order valence-corrected chi connectivity index (χ1v) is 7.56. The summed E-state index contributed by atoms with van der Waals surface area (Å²) in [6.45, 7) is 2.61. The molecule has 4 nitrogen and oxygen atoms in total. The Morgan fingerprint density at radius 3 is 2.76 bits per heavy atom. The SMILES string of the molecule is CC(NCc1ccc(Br)c(Cl)c1)c1cccc([N+](=O)[O-])c1. The third-order valence-electron chi connectivity index (χ3n) is 3.18. The Balaban J connectivity index is 2.04. The fraction of sp³-hybridized carbons (Fsp3) is 0.200. The van der Waals surface area contributed by atoms with Crippen molar-refractivity contribution in [3.63, 3.8) is 0 Å². The zero-order valence-corrected chi connectivity index (χ0v) is 13.7. The summed E-state index contributed by atoms with van der Waals surface area (Å²) in [5.74, 6) is 0. The Bertz CT molecular complexity index is 664. The van der Waals surface area contributed by atoms with Gasteiger partial charge >= 0.3 is 0 Å². The van der Waals surface area contributed by atoms with Crippen molar-refractivity contribution < 1.29 is 4.92 Å². The van der Waals surface area contributed by atoms with E-state index < -0.39 is 0 Å². The number of rotatable bonds is 5. The van der Waals surface area contributed by atoms with E-state index in [1.807, 2.05) is 31.2 Å². The first-order chi connectivity index (χ1) is 9.97. The highest BCUT2D eigenvalue weighted by Crippen LogP contribution is 2.24. The van der Waals surface area contributed by atoms with Crippen molar-refractivity contribution in [2.75, 3.05) is 0 Å². The van der Waals surface area contributed by atoms with E-state index in [1.54, 1.807) is 12.1 Å². The molecule has 110 valence electrons. The van der Waals surface area contributed by atoms with Gasteiger partial charge in [0.1, 0.15) is 0 Å². The van der Waals surface area contributed by atoms with Crippen molar-refractivity contribution in [3.05, 3.63) is 73.2 Å². The van der Waals surface area contributed by atoms with Crippen molar-refractivity contribution in [1.82, 2.24) is 5.32 Å². The second-order valence-corrected chi connectivity index (χ2v) is 5.96. The molecule has 0 fully saturated rings. The zero-order valence-electron chi connectivity index (χ0n) is 11.3. The number of benzene rings is 2. The molecule has 2 aromatic rings. The first kappa shape index (κ1) is 15.9. The Morgan fingerprint density at radius 2 is 2.10 bits per heavy atom. The quantitative estimate of drug-likeness (QED) is 0.605. The standard InChI is InChI=1S/C15H14BrClN2O2/c1-10(12-3-2-4-13(8-12)19(20)21)18-9-11-5-6-14(16)15(17)7-11/h2-8,10,18H,9H2,1H3. The van der Waals surface area contributed by atoms with Gasteiger partial charge in [0.15, 0.2) is 0 Å². The zero-order chi connectivity index (χ0) is 15.4. The number of nitrogens with zero attached hydrogens (tertiary/aromatic N) is 1. The highest BCUT2D eigenvalue weighted by atomic mass is 79.9. The molecule has 0 saturated heterocycles. The average molecular weight is 370 g/mol. The summed E-state index contributed by atoms with van der Waals surface area (Å²) in [6.07, 6.45) is 0. The van der Waals surface area contributed by atoms with Crippen molar-refractivity contribution in [2.45, 2.75) is 19.5 Å². The van der Waals surface area contributed by atoms with Gasteiger partial charge in [0.2, 0.25) is 0 Å². The number of nitro benzene ring substituents is 1. The summed E-state index contributed by atoms with van der Waals surface area (Å²) in [5, 5.41) is 14.8. The van der Waals surface area contributed by atoms with Crippen LogP contribution in [-0.4, -0.2) is 4.92 Å². The topological polar surface area (TPSA) is 55.2 Å². The Morgan fingerprint density at radius 1 is 1.33 bits per heavy atom. The highest BCUT2D eigenvalue weighted by Gasteiger charge is 2.10. The molecule has 21 heavy (non-hydrogen) atoms. The van der Waals surface area contributed by atoms with Crippen LogP contribution in [-0.2, 0) is 6.54 Å². The third-order valence-corrected chi connectivity index (χ3v) is 4.41. The van der Waals surface area contributed by atoms with Gasteiger partial charge in [-0.05, 0) is 46.1 Å². The Kier molecular flexibility index (Phi) is 5.33. The summed E-state index contributed by atoms with van der Waals surface area (Å²) in [7, 11) is 0. The lowest BCUT2D eigenvalue weighted by Crippen LogP contribution is -2.18. The predicted molar refractivity (Wildman–Crippen MR) is 87.5 cm³/mol. The van der Waals surface area contributed by atoms with E-state index >= 15 is 0 Å². The van der Waals surface area contributed by atoms with Crippen LogP contribution < -0.4 is 5.32 Å². The lowest BCUT2D eigenvalue weighted by molar-refractivity contribution is -0.384. The molecule has 0 aliphatic rings. The molecule has 2 rings (SSSR count). The molecule has 0 aliphatic heterocycles. The molecule has 0 bridgehead atoms. The van der Waals surface area contributed by atoms with E-state index in [4.69, 9.17) is 11.6 Å². The minimum absolute atomic E-state index is 0.00678. The molecule has 0 aromatic heterocycles. The van der Waals surface area contributed by atoms with Gasteiger partial charge in [0.25, 0.3) is 5.69 Å². The number of hydrogen-bond acceptors (Lipinski definition) is 3. The van der Waals surface area contributed by atoms with Crippen LogP contribution in [0.5, 0.6) is 0 Å². The molecule has 0 spiro atoms. The maximum Gasteiger partial charge on any atom is 0.269 e. The van der Waals surface area contributed by atoms with Crippen LogP contribution in [0.25, 0.3) is 0 Å². The number of nitrogens with one attached hydrogen (secondary N) is 1. The van der Waals surface area contributed by atoms with Crippen LogP contribution in [0.3, 0.4) is 0 Å². The minimum Gasteiger partial charge on any atom is -0.306 e. The Hall–Kier alpha value is -1.43. The monoisotopic (exact) mass is 368 g/mol. The Labute approximate surface area is 136 Å². The van der Waals surface area contributed by atoms with Gasteiger partial charge in [-0.1, -0.05) is 29.8 Å². The molecule has 1 unspecified atom stereocenters. The van der Waals surface area contributed by atoms with Gasteiger partial charge in [-0.3, -0.25) is 10.1 Å². The number of hydrogen-bond donors (Lipinski definition) is 1. The minimum atomic E-state index is -0.384. The van der Waals surface area contributed by atoms with Gasteiger partial charge in [-0.25, -0.2) is 0 Å². The van der Waals surface area contributed by atoms with E-state index in [0.29, 0.717) is 11.6 Å². The third kappa shape index (κ3) is 4.27. The highest BCUT2D eigenvalue weighted by molar-refractivity contribution is 9.10. The average Bonchev–Trinajstić information content (AvgIpc) is 2.48. The summed E-state index contributed by atoms with van der Waals surface area (Å²) in [4.78, 5) is 10.4. The lowest BCUT2D eigenvalue weighted by atomic mass is 10.1. The summed E-state index contributed by atoms with van der Waals surface area (Å²) in [5.41, 5.74) is 2.04. The van der Waals surface area contributed by atoms with Crippen LogP contribution >= 0.6 is 27.5 Å². The van der Waals surface area contributed by atoms with E-state index in [1.165, 1.54) is 6.07 Å². The first-order valence-electron chi connectivity index (χ1n) is 6.39. The molecule has 2 aromatic carbocycles. The fourth-order valence-corrected chi connectivity index (χ4v) is 2.40. The number of halogens is 2. The summed E-state index contributed by atoms with van der Waals surface area (Å²) >= 11 is 9.40. The molecule has 0 heterocycles. The van der Waals surface area contributed by atoms with Crippen molar-refractivity contribution >= 4 is 33.2 Å². The normalized spacial score (nSPS) is 12.1. The van der Waals surface area contributed by atoms with E-state index in [9.17, 15) is 10.1 Å². The molecule has 0 radical (unpaired) electrons. The summed E-state index contributed by atoms with van der Waals surface area (Å²) in [6, 6.07) is 12.4. The summed E-state index contributed by atoms with van der Waals surface area (Å²) < 4.78 is 0.861. The van der Waals surface area contributed by atoms with Gasteiger partial charge in [-0.2, -0.15) is 0 Å². The van der Waals surface area contributed by atoms with E-state index in [-0.39, 0.29) is 16.7 Å². The predicted octanol–water partition coefficient (Wildman–Crippen LogP) is 4.86. The molecule has 0 amide bonds. The van der Waals surface area contributed by atoms with Crippen molar-refractivity contribution in [1.29, 1.82) is 0 Å². The fourth-order valence-electron chi connectivity index (χ4n) is 1.95. The molecule has 1 atom stereocenters. The van der Waals surface area contributed by atoms with Gasteiger partial charge in [-0.15, -0.1) is 0 Å². The van der Waals surface area contributed by atoms with E-state index in [0.717, 1.165) is 15.6 Å². The van der Waals surface area contributed by atoms with Gasteiger partial charge in [0.05, 0.1) is 9.95 Å². The second kappa shape index (κ2) is 7.02. The smallest absolute Gasteiger partial charge is 0.269 e. The molecule has 1 N–H and O–H groups in total. The maximum atomic E-state index is 10.8. The molecule has 0 saturated carbocycles. The lowest BCUT2D eigenvalue weighted by Gasteiger charge is -2.14. The van der Waals surface area contributed by atoms with E-state index in [2.05, 4.69) is 21.2 Å².